The molecule has 0 fully saturated rings. The first-order valence-electron chi connectivity index (χ1n) is 6.98. The van der Waals surface area contributed by atoms with Crippen molar-refractivity contribution in [2.45, 2.75) is 6.92 Å². The number of carbonyl (C=O) groups excluding carboxylic acids is 1. The molecule has 0 saturated heterocycles. The van der Waals surface area contributed by atoms with Crippen LogP contribution in [0.1, 0.15) is 11.1 Å². The summed E-state index contributed by atoms with van der Waals surface area (Å²) in [5.74, 6) is -0.573. The van der Waals surface area contributed by atoms with Gasteiger partial charge in [0, 0.05) is 15.5 Å². The van der Waals surface area contributed by atoms with E-state index >= 15 is 0 Å². The highest BCUT2D eigenvalue weighted by Gasteiger charge is 2.11. The molecule has 0 atom stereocenters. The summed E-state index contributed by atoms with van der Waals surface area (Å²) < 4.78 is 1.10. The normalized spacial score (nSPS) is 10.4. The molecule has 0 radical (unpaired) electrons. The number of hydrogen-bond acceptors (Lipinski definition) is 4. The van der Waals surface area contributed by atoms with Crippen molar-refractivity contribution in [3.63, 3.8) is 0 Å². The van der Waals surface area contributed by atoms with Crippen LogP contribution in [0.4, 0.5) is 11.4 Å². The first-order chi connectivity index (χ1) is 11.5. The molecule has 2 N–H and O–H groups in total. The SMILES string of the molecule is Cc1cc(I)ccc1N/C=C(/C#N)C(=O)Nc1ccccc1C#N. The van der Waals surface area contributed by atoms with Crippen LogP contribution in [0.3, 0.4) is 0 Å². The van der Waals surface area contributed by atoms with Gasteiger partial charge in [0.05, 0.1) is 11.3 Å². The van der Waals surface area contributed by atoms with Crippen LogP contribution in [0.15, 0.2) is 54.2 Å². The molecule has 24 heavy (non-hydrogen) atoms. The number of nitrogens with one attached hydrogen (secondary N) is 2. The molecule has 118 valence electrons. The highest BCUT2D eigenvalue weighted by molar-refractivity contribution is 14.1. The van der Waals surface area contributed by atoms with Crippen molar-refractivity contribution >= 4 is 39.9 Å². The zero-order valence-electron chi connectivity index (χ0n) is 12.8. The van der Waals surface area contributed by atoms with Gasteiger partial charge >= 0.3 is 0 Å². The predicted molar refractivity (Wildman–Crippen MR) is 101 cm³/mol. The Hall–Kier alpha value is -2.84. The lowest BCUT2D eigenvalue weighted by atomic mass is 10.2. The van der Waals surface area contributed by atoms with E-state index in [0.29, 0.717) is 11.3 Å². The molecule has 0 aliphatic heterocycles. The van der Waals surface area contributed by atoms with Gasteiger partial charge in [-0.15, -0.1) is 0 Å². The van der Waals surface area contributed by atoms with Gasteiger partial charge in [0.1, 0.15) is 17.7 Å². The second-order valence-electron chi connectivity index (χ2n) is 4.88. The van der Waals surface area contributed by atoms with Gasteiger partial charge in [-0.25, -0.2) is 0 Å². The molecule has 0 aromatic heterocycles. The molecule has 6 heteroatoms. The largest absolute Gasteiger partial charge is 0.360 e. The molecule has 1 amide bonds. The molecule has 0 spiro atoms. The van der Waals surface area contributed by atoms with E-state index in [4.69, 9.17) is 5.26 Å². The average molecular weight is 428 g/mol. The Morgan fingerprint density at radius 2 is 1.92 bits per heavy atom. The van der Waals surface area contributed by atoms with Crippen molar-refractivity contribution < 1.29 is 4.79 Å². The van der Waals surface area contributed by atoms with Crippen LogP contribution in [-0.4, -0.2) is 5.91 Å². The summed E-state index contributed by atoms with van der Waals surface area (Å²) >= 11 is 2.21. The highest BCUT2D eigenvalue weighted by atomic mass is 127. The fourth-order valence-electron chi connectivity index (χ4n) is 1.97. The van der Waals surface area contributed by atoms with Gasteiger partial charge in [-0.1, -0.05) is 12.1 Å². The molecular weight excluding hydrogens is 415 g/mol. The van der Waals surface area contributed by atoms with E-state index in [0.717, 1.165) is 14.8 Å². The Kier molecular flexibility index (Phi) is 5.94. The van der Waals surface area contributed by atoms with E-state index in [1.165, 1.54) is 6.20 Å². The molecule has 2 rings (SSSR count). The molecule has 2 aromatic carbocycles. The number of aryl methyl sites for hydroxylation is 1. The fraction of sp³-hybridized carbons (Fsp3) is 0.0556. The summed E-state index contributed by atoms with van der Waals surface area (Å²) in [6.07, 6.45) is 1.36. The van der Waals surface area contributed by atoms with E-state index in [-0.39, 0.29) is 5.57 Å². The fourth-order valence-corrected chi connectivity index (χ4v) is 2.61. The number of para-hydroxylation sites is 1. The minimum Gasteiger partial charge on any atom is -0.360 e. The Morgan fingerprint density at radius 3 is 2.58 bits per heavy atom. The van der Waals surface area contributed by atoms with E-state index in [2.05, 4.69) is 33.2 Å². The van der Waals surface area contributed by atoms with Crippen molar-refractivity contribution in [1.29, 1.82) is 10.5 Å². The second kappa shape index (κ2) is 8.14. The number of amides is 1. The summed E-state index contributed by atoms with van der Waals surface area (Å²) in [6.45, 7) is 1.94. The van der Waals surface area contributed by atoms with E-state index in [9.17, 15) is 10.1 Å². The topological polar surface area (TPSA) is 88.7 Å². The lowest BCUT2D eigenvalue weighted by molar-refractivity contribution is -0.112. The van der Waals surface area contributed by atoms with Crippen LogP contribution in [0.25, 0.3) is 0 Å². The Labute approximate surface area is 153 Å². The minimum absolute atomic E-state index is 0.0827. The van der Waals surface area contributed by atoms with E-state index in [1.54, 1.807) is 24.3 Å². The standard InChI is InChI=1S/C18H13IN4O/c1-12-8-15(19)6-7-16(12)22-11-14(10-21)18(24)23-17-5-3-2-4-13(17)9-20/h2-8,11,22H,1H3,(H,23,24)/b14-11-. The number of nitriles is 2. The van der Waals surface area contributed by atoms with Gasteiger partial charge in [-0.3, -0.25) is 4.79 Å². The molecule has 2 aromatic rings. The highest BCUT2D eigenvalue weighted by Crippen LogP contribution is 2.18. The molecule has 0 aliphatic carbocycles. The number of benzene rings is 2. The van der Waals surface area contributed by atoms with Gasteiger partial charge < -0.3 is 10.6 Å². The molecular formula is C18H13IN4O. The number of hydrogen-bond donors (Lipinski definition) is 2. The van der Waals surface area contributed by atoms with Gasteiger partial charge in [-0.05, 0) is 65.4 Å². The van der Waals surface area contributed by atoms with Gasteiger partial charge in [0.2, 0.25) is 0 Å². The van der Waals surface area contributed by atoms with Crippen LogP contribution >= 0.6 is 22.6 Å². The monoisotopic (exact) mass is 428 g/mol. The van der Waals surface area contributed by atoms with Crippen LogP contribution in [0.5, 0.6) is 0 Å². The summed E-state index contributed by atoms with van der Waals surface area (Å²) in [7, 11) is 0. The van der Waals surface area contributed by atoms with Crippen molar-refractivity contribution in [3.05, 3.63) is 68.9 Å². The van der Waals surface area contributed by atoms with Crippen molar-refractivity contribution in [2.24, 2.45) is 0 Å². The van der Waals surface area contributed by atoms with Gasteiger partial charge in [0.25, 0.3) is 5.91 Å². The number of anilines is 2. The van der Waals surface area contributed by atoms with E-state index in [1.807, 2.05) is 37.3 Å². The predicted octanol–water partition coefficient (Wildman–Crippen LogP) is 3.93. The Balaban J connectivity index is 2.17. The van der Waals surface area contributed by atoms with Crippen molar-refractivity contribution in [2.75, 3.05) is 10.6 Å². The number of rotatable bonds is 4. The second-order valence-corrected chi connectivity index (χ2v) is 6.13. The summed E-state index contributed by atoms with van der Waals surface area (Å²) in [5.41, 5.74) is 2.45. The maximum absolute atomic E-state index is 12.2. The van der Waals surface area contributed by atoms with Crippen molar-refractivity contribution in [1.82, 2.24) is 0 Å². The maximum atomic E-state index is 12.2. The number of carbonyl (C=O) groups is 1. The first kappa shape index (κ1) is 17.5. The molecule has 0 unspecified atom stereocenters. The third-order valence-electron chi connectivity index (χ3n) is 3.22. The maximum Gasteiger partial charge on any atom is 0.267 e. The molecule has 0 saturated carbocycles. The lowest BCUT2D eigenvalue weighted by Crippen LogP contribution is -2.15. The minimum atomic E-state index is -0.573. The first-order valence-corrected chi connectivity index (χ1v) is 8.06. The lowest BCUT2D eigenvalue weighted by Gasteiger charge is -2.08. The molecule has 0 aliphatic rings. The zero-order chi connectivity index (χ0) is 17.5. The number of halogens is 1. The van der Waals surface area contributed by atoms with Gasteiger partial charge in [0.15, 0.2) is 0 Å². The van der Waals surface area contributed by atoms with Crippen LogP contribution in [0.2, 0.25) is 0 Å². The third-order valence-corrected chi connectivity index (χ3v) is 3.89. The molecule has 0 heterocycles. The Morgan fingerprint density at radius 1 is 1.17 bits per heavy atom. The van der Waals surface area contributed by atoms with Crippen LogP contribution in [-0.2, 0) is 4.79 Å². The zero-order valence-corrected chi connectivity index (χ0v) is 15.0. The van der Waals surface area contributed by atoms with Gasteiger partial charge in [-0.2, -0.15) is 10.5 Å². The average Bonchev–Trinajstić information content (AvgIpc) is 2.57. The third kappa shape index (κ3) is 4.34. The molecule has 0 bridgehead atoms. The summed E-state index contributed by atoms with van der Waals surface area (Å²) in [6, 6.07) is 16.3. The summed E-state index contributed by atoms with van der Waals surface area (Å²) in [4.78, 5) is 12.2. The Bertz CT molecular complexity index is 891. The molecule has 5 nitrogen and oxygen atoms in total. The van der Waals surface area contributed by atoms with Crippen LogP contribution in [0, 0.1) is 33.2 Å². The number of nitrogens with zero attached hydrogens (tertiary/aromatic N) is 2. The van der Waals surface area contributed by atoms with Crippen LogP contribution < -0.4 is 10.6 Å². The smallest absolute Gasteiger partial charge is 0.267 e. The summed E-state index contributed by atoms with van der Waals surface area (Å²) in [5, 5.41) is 23.8. The van der Waals surface area contributed by atoms with E-state index < -0.39 is 5.91 Å². The quantitative estimate of drug-likeness (QED) is 0.439. The van der Waals surface area contributed by atoms with Crippen molar-refractivity contribution in [3.8, 4) is 12.1 Å².